The number of aryl methyl sites for hydroxylation is 1. The van der Waals surface area contributed by atoms with Gasteiger partial charge in [-0.15, -0.1) is 11.3 Å². The molecule has 0 fully saturated rings. The molecule has 1 unspecified atom stereocenters. The number of hydrogen-bond donors (Lipinski definition) is 2. The number of rotatable bonds is 4. The van der Waals surface area contributed by atoms with Crippen LogP contribution in [0.4, 0.5) is 0 Å². The summed E-state index contributed by atoms with van der Waals surface area (Å²) in [7, 11) is 0. The summed E-state index contributed by atoms with van der Waals surface area (Å²) >= 11 is 1.09. The summed E-state index contributed by atoms with van der Waals surface area (Å²) in [5.74, 6) is -0.840. The average Bonchev–Trinajstić information content (AvgIpc) is 2.75. The maximum absolute atomic E-state index is 12.8. The molecule has 2 rings (SSSR count). The molecule has 0 saturated carbocycles. The highest BCUT2D eigenvalue weighted by molar-refractivity contribution is 7.20. The fourth-order valence-corrected chi connectivity index (χ4v) is 3.39. The van der Waals surface area contributed by atoms with E-state index in [1.165, 1.54) is 4.57 Å². The second-order valence-corrected chi connectivity index (χ2v) is 6.48. The van der Waals surface area contributed by atoms with Crippen LogP contribution in [0.15, 0.2) is 4.79 Å². The lowest BCUT2D eigenvalue weighted by Gasteiger charge is -2.18. The maximum Gasteiger partial charge on any atom is 0.263 e. The minimum absolute atomic E-state index is 0.0849. The van der Waals surface area contributed by atoms with Crippen molar-refractivity contribution in [3.05, 3.63) is 26.6 Å². The van der Waals surface area contributed by atoms with E-state index in [9.17, 15) is 14.4 Å². The van der Waals surface area contributed by atoms with Crippen LogP contribution in [0, 0.1) is 6.92 Å². The normalized spacial score (nSPS) is 12.8. The molecule has 7 nitrogen and oxygen atoms in total. The van der Waals surface area contributed by atoms with E-state index in [4.69, 9.17) is 11.5 Å². The standard InChI is InChI=1S/C14H18N4O3S/c1-5(2)12-17-13-8(6(3)9(22-13)11(16)20)14(21)18(12)7(4)10(15)19/h5,7H,1-4H3,(H2,15,19)(H2,16,20). The molecule has 0 bridgehead atoms. The number of aromatic nitrogens is 2. The van der Waals surface area contributed by atoms with E-state index in [1.54, 1.807) is 13.8 Å². The lowest BCUT2D eigenvalue weighted by Crippen LogP contribution is -2.35. The summed E-state index contributed by atoms with van der Waals surface area (Å²) in [5, 5.41) is 0.316. The SMILES string of the molecule is Cc1c(C(N)=O)sc2nc(C(C)C)n(C(C)C(N)=O)c(=O)c12. The van der Waals surface area contributed by atoms with Gasteiger partial charge in [0.05, 0.1) is 10.3 Å². The molecule has 2 heterocycles. The van der Waals surface area contributed by atoms with Crippen LogP contribution in [0.3, 0.4) is 0 Å². The number of hydrogen-bond acceptors (Lipinski definition) is 5. The number of fused-ring (bicyclic) bond motifs is 1. The van der Waals surface area contributed by atoms with Crippen LogP contribution < -0.4 is 17.0 Å². The van der Waals surface area contributed by atoms with Gasteiger partial charge in [-0.2, -0.15) is 0 Å². The molecular formula is C14H18N4O3S. The van der Waals surface area contributed by atoms with E-state index >= 15 is 0 Å². The Morgan fingerprint density at radius 1 is 1.23 bits per heavy atom. The number of amides is 2. The van der Waals surface area contributed by atoms with Crippen molar-refractivity contribution in [3.63, 3.8) is 0 Å². The molecule has 2 aromatic rings. The molecule has 0 saturated heterocycles. The van der Waals surface area contributed by atoms with Crippen LogP contribution in [0.1, 0.15) is 53.8 Å². The van der Waals surface area contributed by atoms with Crippen LogP contribution in [0.2, 0.25) is 0 Å². The summed E-state index contributed by atoms with van der Waals surface area (Å²) in [4.78, 5) is 41.0. The smallest absolute Gasteiger partial charge is 0.263 e. The lowest BCUT2D eigenvalue weighted by atomic mass is 10.1. The zero-order chi connectivity index (χ0) is 16.8. The lowest BCUT2D eigenvalue weighted by molar-refractivity contribution is -0.120. The summed E-state index contributed by atoms with van der Waals surface area (Å²) in [6, 6.07) is -0.821. The fraction of sp³-hybridized carbons (Fsp3) is 0.429. The molecule has 0 aromatic carbocycles. The molecule has 1 atom stereocenters. The van der Waals surface area contributed by atoms with Crippen molar-refractivity contribution in [2.45, 2.75) is 39.7 Å². The van der Waals surface area contributed by atoms with Gasteiger partial charge in [-0.05, 0) is 19.4 Å². The Morgan fingerprint density at radius 3 is 2.27 bits per heavy atom. The Kier molecular flexibility index (Phi) is 4.06. The third-order valence-corrected chi connectivity index (χ3v) is 4.76. The Morgan fingerprint density at radius 2 is 1.82 bits per heavy atom. The van der Waals surface area contributed by atoms with Crippen molar-refractivity contribution in [1.29, 1.82) is 0 Å². The molecule has 118 valence electrons. The zero-order valence-electron chi connectivity index (χ0n) is 12.8. The van der Waals surface area contributed by atoms with Crippen molar-refractivity contribution in [2.24, 2.45) is 11.5 Å². The average molecular weight is 322 g/mol. The van der Waals surface area contributed by atoms with Crippen molar-refractivity contribution < 1.29 is 9.59 Å². The fourth-order valence-electron chi connectivity index (χ4n) is 2.36. The Hall–Kier alpha value is -2.22. The van der Waals surface area contributed by atoms with Gasteiger partial charge < -0.3 is 11.5 Å². The summed E-state index contributed by atoms with van der Waals surface area (Å²) in [5.41, 5.74) is 10.8. The number of nitrogens with two attached hydrogens (primary N) is 2. The van der Waals surface area contributed by atoms with Crippen LogP contribution in [-0.2, 0) is 4.79 Å². The van der Waals surface area contributed by atoms with Gasteiger partial charge in [0, 0.05) is 5.92 Å². The van der Waals surface area contributed by atoms with E-state index < -0.39 is 17.9 Å². The van der Waals surface area contributed by atoms with Gasteiger partial charge in [0.25, 0.3) is 11.5 Å². The van der Waals surface area contributed by atoms with Gasteiger partial charge >= 0.3 is 0 Å². The van der Waals surface area contributed by atoms with Crippen LogP contribution >= 0.6 is 11.3 Å². The highest BCUT2D eigenvalue weighted by Crippen LogP contribution is 2.29. The molecule has 0 aliphatic carbocycles. The summed E-state index contributed by atoms with van der Waals surface area (Å²) in [6.07, 6.45) is 0. The molecule has 22 heavy (non-hydrogen) atoms. The highest BCUT2D eigenvalue weighted by atomic mass is 32.1. The molecule has 0 spiro atoms. The monoisotopic (exact) mass is 322 g/mol. The molecule has 2 aromatic heterocycles. The summed E-state index contributed by atoms with van der Waals surface area (Å²) < 4.78 is 1.31. The number of primary amides is 2. The van der Waals surface area contributed by atoms with Crippen molar-refractivity contribution in [3.8, 4) is 0 Å². The first kappa shape index (κ1) is 16.2. The van der Waals surface area contributed by atoms with E-state index in [1.807, 2.05) is 13.8 Å². The summed E-state index contributed by atoms with van der Waals surface area (Å²) in [6.45, 7) is 6.94. The van der Waals surface area contributed by atoms with Gasteiger partial charge in [-0.3, -0.25) is 19.0 Å². The molecular weight excluding hydrogens is 304 g/mol. The van der Waals surface area contributed by atoms with Crippen LogP contribution in [0.25, 0.3) is 10.2 Å². The topological polar surface area (TPSA) is 121 Å². The quantitative estimate of drug-likeness (QED) is 0.873. The van der Waals surface area contributed by atoms with Crippen molar-refractivity contribution in [1.82, 2.24) is 9.55 Å². The highest BCUT2D eigenvalue weighted by Gasteiger charge is 2.25. The van der Waals surface area contributed by atoms with E-state index in [-0.39, 0.29) is 11.5 Å². The third kappa shape index (κ3) is 2.39. The number of carbonyl (C=O) groups is 2. The first-order chi connectivity index (χ1) is 10.2. The first-order valence-electron chi connectivity index (χ1n) is 6.81. The number of nitrogens with zero attached hydrogens (tertiary/aromatic N) is 2. The van der Waals surface area contributed by atoms with Gasteiger partial charge in [-0.25, -0.2) is 4.98 Å². The van der Waals surface area contributed by atoms with Crippen molar-refractivity contribution >= 4 is 33.4 Å². The maximum atomic E-state index is 12.8. The van der Waals surface area contributed by atoms with Gasteiger partial charge in [0.2, 0.25) is 5.91 Å². The van der Waals surface area contributed by atoms with Crippen LogP contribution in [0.5, 0.6) is 0 Å². The minimum atomic E-state index is -0.821. The second kappa shape index (κ2) is 5.53. The van der Waals surface area contributed by atoms with Crippen molar-refractivity contribution in [2.75, 3.05) is 0 Å². The largest absolute Gasteiger partial charge is 0.368 e. The zero-order valence-corrected chi connectivity index (χ0v) is 13.7. The van der Waals surface area contributed by atoms with E-state index in [0.717, 1.165) is 11.3 Å². The molecule has 0 aliphatic heterocycles. The van der Waals surface area contributed by atoms with Gasteiger partial charge in [-0.1, -0.05) is 13.8 Å². The minimum Gasteiger partial charge on any atom is -0.368 e. The van der Waals surface area contributed by atoms with Gasteiger partial charge in [0.15, 0.2) is 0 Å². The molecule has 0 radical (unpaired) electrons. The van der Waals surface area contributed by atoms with Gasteiger partial charge in [0.1, 0.15) is 16.7 Å². The number of thiophene rings is 1. The second-order valence-electron chi connectivity index (χ2n) is 5.48. The predicted octanol–water partition coefficient (Wildman–Crippen LogP) is 1.04. The Balaban J connectivity index is 2.95. The molecule has 0 aliphatic rings. The molecule has 8 heteroatoms. The van der Waals surface area contributed by atoms with E-state index in [0.29, 0.717) is 26.5 Å². The molecule has 2 amide bonds. The number of carbonyl (C=O) groups excluding carboxylic acids is 2. The third-order valence-electron chi connectivity index (χ3n) is 3.56. The Bertz CT molecular complexity index is 835. The Labute approximate surface area is 130 Å². The first-order valence-corrected chi connectivity index (χ1v) is 7.63. The molecule has 4 N–H and O–H groups in total. The van der Waals surface area contributed by atoms with Crippen LogP contribution in [-0.4, -0.2) is 21.4 Å². The predicted molar refractivity (Wildman–Crippen MR) is 85.1 cm³/mol. The van der Waals surface area contributed by atoms with E-state index in [2.05, 4.69) is 4.98 Å².